The Kier molecular flexibility index (Phi) is 3.89. The van der Waals surface area contributed by atoms with E-state index in [1.54, 1.807) is 33.3 Å². The molecular weight excluding hydrogens is 276 g/mol. The van der Waals surface area contributed by atoms with Gasteiger partial charge in [0.15, 0.2) is 0 Å². The van der Waals surface area contributed by atoms with E-state index in [-0.39, 0.29) is 11.8 Å². The molecular formula is C13H16N4O2S. The van der Waals surface area contributed by atoms with Crippen molar-refractivity contribution in [1.82, 2.24) is 15.2 Å². The van der Waals surface area contributed by atoms with Gasteiger partial charge in [-0.15, -0.1) is 11.3 Å². The second-order valence-corrected chi connectivity index (χ2v) is 5.63. The van der Waals surface area contributed by atoms with E-state index in [1.165, 1.54) is 16.2 Å². The summed E-state index contributed by atoms with van der Waals surface area (Å²) in [6, 6.07) is 2.99. The molecule has 106 valence electrons. The van der Waals surface area contributed by atoms with Gasteiger partial charge >= 0.3 is 0 Å². The SMILES string of the molecule is CC(NC(=O)c1sc2ncccc2c1N)C(=O)N(C)C. The second kappa shape index (κ2) is 5.46. The third-order valence-corrected chi connectivity index (χ3v) is 4.00. The Morgan fingerprint density at radius 2 is 2.15 bits per heavy atom. The van der Waals surface area contributed by atoms with Crippen LogP contribution in [0.25, 0.3) is 10.2 Å². The van der Waals surface area contributed by atoms with Crippen molar-refractivity contribution < 1.29 is 9.59 Å². The van der Waals surface area contributed by atoms with Crippen LogP contribution >= 0.6 is 11.3 Å². The first-order chi connectivity index (χ1) is 9.41. The number of nitrogen functional groups attached to an aromatic ring is 1. The summed E-state index contributed by atoms with van der Waals surface area (Å²) in [6.07, 6.45) is 1.65. The standard InChI is InChI=1S/C13H16N4O2S/c1-7(13(19)17(2)3)16-11(18)10-9(14)8-5-4-6-15-12(8)20-10/h4-7H,14H2,1-3H3,(H,16,18). The molecule has 0 aliphatic heterocycles. The molecule has 2 amide bonds. The number of hydrogen-bond donors (Lipinski definition) is 2. The predicted octanol–water partition coefficient (Wildman–Crippen LogP) is 1.09. The number of nitrogens with two attached hydrogens (primary N) is 1. The molecule has 2 rings (SSSR count). The molecule has 0 fully saturated rings. The summed E-state index contributed by atoms with van der Waals surface area (Å²) in [4.78, 5) is 30.6. The average molecular weight is 292 g/mol. The van der Waals surface area contributed by atoms with Crippen molar-refractivity contribution in [3.8, 4) is 0 Å². The summed E-state index contributed by atoms with van der Waals surface area (Å²) in [7, 11) is 3.28. The fraction of sp³-hybridized carbons (Fsp3) is 0.308. The van der Waals surface area contributed by atoms with Gasteiger partial charge in [0.25, 0.3) is 5.91 Å². The van der Waals surface area contributed by atoms with E-state index < -0.39 is 6.04 Å². The van der Waals surface area contributed by atoms with Crippen molar-refractivity contribution in [2.75, 3.05) is 19.8 Å². The molecule has 7 heteroatoms. The van der Waals surface area contributed by atoms with Crippen molar-refractivity contribution in [3.05, 3.63) is 23.2 Å². The third-order valence-electron chi connectivity index (χ3n) is 2.87. The van der Waals surface area contributed by atoms with Crippen LogP contribution in [-0.4, -0.2) is 41.8 Å². The summed E-state index contributed by atoms with van der Waals surface area (Å²) >= 11 is 1.22. The number of hydrogen-bond acceptors (Lipinski definition) is 5. The van der Waals surface area contributed by atoms with Crippen LogP contribution in [0.3, 0.4) is 0 Å². The first-order valence-electron chi connectivity index (χ1n) is 6.07. The zero-order valence-electron chi connectivity index (χ0n) is 11.5. The average Bonchev–Trinajstić information content (AvgIpc) is 2.75. The highest BCUT2D eigenvalue weighted by atomic mass is 32.1. The normalized spacial score (nSPS) is 12.2. The second-order valence-electron chi connectivity index (χ2n) is 4.63. The first kappa shape index (κ1) is 14.3. The fourth-order valence-electron chi connectivity index (χ4n) is 1.83. The lowest BCUT2D eigenvalue weighted by atomic mass is 10.2. The zero-order valence-corrected chi connectivity index (χ0v) is 12.3. The van der Waals surface area contributed by atoms with Crippen molar-refractivity contribution in [2.45, 2.75) is 13.0 Å². The number of rotatable bonds is 3. The van der Waals surface area contributed by atoms with Crippen molar-refractivity contribution in [2.24, 2.45) is 0 Å². The number of nitrogens with one attached hydrogen (secondary N) is 1. The maximum Gasteiger partial charge on any atom is 0.264 e. The molecule has 0 aliphatic carbocycles. The van der Waals surface area contributed by atoms with Gasteiger partial charge in [-0.25, -0.2) is 4.98 Å². The lowest BCUT2D eigenvalue weighted by molar-refractivity contribution is -0.130. The highest BCUT2D eigenvalue weighted by molar-refractivity contribution is 7.21. The minimum atomic E-state index is -0.602. The molecule has 0 saturated carbocycles. The molecule has 0 aliphatic rings. The number of pyridine rings is 1. The van der Waals surface area contributed by atoms with Crippen LogP contribution in [-0.2, 0) is 4.79 Å². The lowest BCUT2D eigenvalue weighted by Gasteiger charge is -2.17. The minimum Gasteiger partial charge on any atom is -0.397 e. The Morgan fingerprint density at radius 3 is 2.75 bits per heavy atom. The van der Waals surface area contributed by atoms with Gasteiger partial charge in [0, 0.05) is 25.7 Å². The van der Waals surface area contributed by atoms with E-state index in [0.29, 0.717) is 15.4 Å². The highest BCUT2D eigenvalue weighted by Crippen LogP contribution is 2.31. The molecule has 6 nitrogen and oxygen atoms in total. The van der Waals surface area contributed by atoms with E-state index in [1.807, 2.05) is 6.07 Å². The number of aromatic nitrogens is 1. The molecule has 3 N–H and O–H groups in total. The molecule has 0 bridgehead atoms. The number of thiophene rings is 1. The maximum absolute atomic E-state index is 12.2. The topological polar surface area (TPSA) is 88.3 Å². The molecule has 0 spiro atoms. The van der Waals surface area contributed by atoms with Crippen LogP contribution in [0.15, 0.2) is 18.3 Å². The Morgan fingerprint density at radius 1 is 1.45 bits per heavy atom. The maximum atomic E-state index is 12.2. The van der Waals surface area contributed by atoms with Gasteiger partial charge in [-0.1, -0.05) is 0 Å². The van der Waals surface area contributed by atoms with E-state index in [0.717, 1.165) is 5.39 Å². The molecule has 0 radical (unpaired) electrons. The van der Waals surface area contributed by atoms with Gasteiger partial charge < -0.3 is 16.0 Å². The van der Waals surface area contributed by atoms with Gasteiger partial charge in [0.05, 0.1) is 5.69 Å². The van der Waals surface area contributed by atoms with Gasteiger partial charge in [0.2, 0.25) is 5.91 Å². The molecule has 2 aromatic heterocycles. The van der Waals surface area contributed by atoms with Crippen LogP contribution in [0.5, 0.6) is 0 Å². The van der Waals surface area contributed by atoms with E-state index in [9.17, 15) is 9.59 Å². The highest BCUT2D eigenvalue weighted by Gasteiger charge is 2.22. The molecule has 2 aromatic rings. The molecule has 20 heavy (non-hydrogen) atoms. The van der Waals surface area contributed by atoms with Gasteiger partial charge in [-0.3, -0.25) is 9.59 Å². The Labute approximate surface area is 120 Å². The molecule has 2 heterocycles. The minimum absolute atomic E-state index is 0.170. The van der Waals surface area contributed by atoms with Crippen LogP contribution in [0.4, 0.5) is 5.69 Å². The fourth-order valence-corrected chi connectivity index (χ4v) is 2.80. The Bertz CT molecular complexity index is 665. The van der Waals surface area contributed by atoms with Crippen molar-refractivity contribution >= 4 is 39.1 Å². The number of carbonyl (C=O) groups is 2. The molecule has 0 saturated heterocycles. The van der Waals surface area contributed by atoms with Crippen LogP contribution < -0.4 is 11.1 Å². The van der Waals surface area contributed by atoms with Crippen molar-refractivity contribution in [3.63, 3.8) is 0 Å². The van der Waals surface area contributed by atoms with Gasteiger partial charge in [-0.05, 0) is 19.1 Å². The van der Waals surface area contributed by atoms with Crippen LogP contribution in [0, 0.1) is 0 Å². The number of anilines is 1. The molecule has 1 unspecified atom stereocenters. The monoisotopic (exact) mass is 292 g/mol. The van der Waals surface area contributed by atoms with Gasteiger partial charge in [-0.2, -0.15) is 0 Å². The van der Waals surface area contributed by atoms with Crippen LogP contribution in [0.2, 0.25) is 0 Å². The summed E-state index contributed by atoms with van der Waals surface area (Å²) < 4.78 is 0. The quantitative estimate of drug-likeness (QED) is 0.886. The van der Waals surface area contributed by atoms with Crippen molar-refractivity contribution in [1.29, 1.82) is 0 Å². The Balaban J connectivity index is 2.24. The number of carbonyl (C=O) groups excluding carboxylic acids is 2. The largest absolute Gasteiger partial charge is 0.397 e. The van der Waals surface area contributed by atoms with Crippen LogP contribution in [0.1, 0.15) is 16.6 Å². The first-order valence-corrected chi connectivity index (χ1v) is 6.88. The number of fused-ring (bicyclic) bond motifs is 1. The summed E-state index contributed by atoms with van der Waals surface area (Å²) in [5.41, 5.74) is 6.37. The number of amides is 2. The van der Waals surface area contributed by atoms with E-state index >= 15 is 0 Å². The van der Waals surface area contributed by atoms with Gasteiger partial charge in [0.1, 0.15) is 15.7 Å². The number of likely N-dealkylation sites (N-methyl/N-ethyl adjacent to an activating group) is 1. The lowest BCUT2D eigenvalue weighted by Crippen LogP contribution is -2.44. The molecule has 0 aromatic carbocycles. The zero-order chi connectivity index (χ0) is 14.9. The third kappa shape index (κ3) is 2.57. The smallest absolute Gasteiger partial charge is 0.264 e. The Hall–Kier alpha value is -2.15. The number of nitrogens with zero attached hydrogens (tertiary/aromatic N) is 2. The summed E-state index contributed by atoms with van der Waals surface area (Å²) in [6.45, 7) is 1.64. The summed E-state index contributed by atoms with van der Waals surface area (Å²) in [5.74, 6) is -0.524. The van der Waals surface area contributed by atoms with E-state index in [2.05, 4.69) is 10.3 Å². The van der Waals surface area contributed by atoms with E-state index in [4.69, 9.17) is 5.73 Å². The summed E-state index contributed by atoms with van der Waals surface area (Å²) in [5, 5.41) is 3.41. The predicted molar refractivity (Wildman–Crippen MR) is 79.7 cm³/mol. The molecule has 1 atom stereocenters.